The Morgan fingerprint density at radius 3 is 2.47 bits per heavy atom. The molecule has 2 aromatic carbocycles. The predicted octanol–water partition coefficient (Wildman–Crippen LogP) is 5.58. The summed E-state index contributed by atoms with van der Waals surface area (Å²) in [5.41, 5.74) is -1.11. The van der Waals surface area contributed by atoms with Crippen molar-refractivity contribution >= 4 is 35.0 Å². The first-order valence-electron chi connectivity index (χ1n) is 11.9. The van der Waals surface area contributed by atoms with Crippen molar-refractivity contribution in [3.8, 4) is 0 Å². The monoisotopic (exact) mass is 532 g/mol. The molecule has 1 unspecified atom stereocenters. The summed E-state index contributed by atoms with van der Waals surface area (Å²) in [4.78, 5) is 43.2. The predicted molar refractivity (Wildman–Crippen MR) is 132 cm³/mol. The maximum absolute atomic E-state index is 13.2. The van der Waals surface area contributed by atoms with Crippen LogP contribution in [0.2, 0.25) is 0 Å². The first-order valence-corrected chi connectivity index (χ1v) is 11.9. The molecular weight excluding hydrogens is 505 g/mol. The van der Waals surface area contributed by atoms with E-state index in [1.54, 1.807) is 36.3 Å². The number of aromatic nitrogens is 2. The van der Waals surface area contributed by atoms with Crippen LogP contribution in [0.25, 0.3) is 11.0 Å². The van der Waals surface area contributed by atoms with Crippen LogP contribution < -0.4 is 5.32 Å². The summed E-state index contributed by atoms with van der Waals surface area (Å²) >= 11 is 0. The molecule has 2 N–H and O–H groups in total. The van der Waals surface area contributed by atoms with Gasteiger partial charge in [-0.25, -0.2) is 14.6 Å². The van der Waals surface area contributed by atoms with Crippen molar-refractivity contribution in [2.75, 3.05) is 18.4 Å². The number of carbonyl (C=O) groups is 3. The number of imidazole rings is 1. The minimum Gasteiger partial charge on any atom is -0.478 e. The zero-order chi connectivity index (χ0) is 27.8. The summed E-state index contributed by atoms with van der Waals surface area (Å²) in [6.07, 6.45) is -3.88. The van der Waals surface area contributed by atoms with E-state index in [0.717, 1.165) is 18.2 Å². The molecule has 2 amide bonds. The molecule has 0 radical (unpaired) electrons. The molecule has 9 nitrogen and oxygen atoms in total. The molecule has 38 heavy (non-hydrogen) atoms. The van der Waals surface area contributed by atoms with E-state index in [1.165, 1.54) is 18.2 Å². The van der Waals surface area contributed by atoms with E-state index in [2.05, 4.69) is 10.3 Å². The molecule has 2 heterocycles. The first kappa shape index (κ1) is 27.0. The van der Waals surface area contributed by atoms with Crippen LogP contribution in [0.1, 0.15) is 65.9 Å². The van der Waals surface area contributed by atoms with E-state index < -0.39 is 35.3 Å². The number of carboxylic acid groups (broad SMARTS) is 1. The van der Waals surface area contributed by atoms with Crippen molar-refractivity contribution in [3.05, 3.63) is 59.2 Å². The number of nitrogens with zero attached hydrogens (tertiary/aromatic N) is 3. The fourth-order valence-electron chi connectivity index (χ4n) is 4.36. The van der Waals surface area contributed by atoms with Crippen molar-refractivity contribution in [1.29, 1.82) is 0 Å². The summed E-state index contributed by atoms with van der Waals surface area (Å²) in [7, 11) is 0. The number of carboxylic acids is 1. The van der Waals surface area contributed by atoms with Gasteiger partial charge in [-0.15, -0.1) is 0 Å². The van der Waals surface area contributed by atoms with Crippen LogP contribution in [0.15, 0.2) is 42.5 Å². The number of fused-ring (bicyclic) bond motifs is 1. The number of aromatic carboxylic acids is 1. The zero-order valence-corrected chi connectivity index (χ0v) is 21.0. The van der Waals surface area contributed by atoms with Gasteiger partial charge in [0.2, 0.25) is 5.95 Å². The van der Waals surface area contributed by atoms with Gasteiger partial charge in [0.15, 0.2) is 0 Å². The summed E-state index contributed by atoms with van der Waals surface area (Å²) < 4.78 is 46.7. The fraction of sp³-hybridized carbons (Fsp3) is 0.385. The molecule has 1 fully saturated rings. The molecule has 1 aromatic heterocycles. The standard InChI is InChI=1S/C26H27F3N4O5/c1-25(2,3)38-24(37)32-11-5-8-18(14-32)33-20-10-9-16(22(35)36)13-19(20)30-23(33)31-21(34)15-6-4-7-17(12-15)26(27,28)29/h4,6-7,9-10,12-13,18H,5,8,11,14H2,1-3H3,(H,35,36)(H,30,31,34). The van der Waals surface area contributed by atoms with Crippen LogP contribution in [0, 0.1) is 0 Å². The topological polar surface area (TPSA) is 114 Å². The third-order valence-electron chi connectivity index (χ3n) is 6.03. The number of hydrogen-bond acceptors (Lipinski definition) is 5. The highest BCUT2D eigenvalue weighted by atomic mass is 19.4. The Morgan fingerprint density at radius 2 is 1.82 bits per heavy atom. The molecule has 0 aliphatic carbocycles. The molecule has 0 saturated carbocycles. The summed E-state index contributed by atoms with van der Waals surface area (Å²) in [5, 5.41) is 12.0. The Hall–Kier alpha value is -4.09. The van der Waals surface area contributed by atoms with Gasteiger partial charge in [0.25, 0.3) is 5.91 Å². The number of likely N-dealkylation sites (tertiary alicyclic amines) is 1. The lowest BCUT2D eigenvalue weighted by atomic mass is 10.1. The Morgan fingerprint density at radius 1 is 1.08 bits per heavy atom. The highest BCUT2D eigenvalue weighted by Crippen LogP contribution is 2.33. The third kappa shape index (κ3) is 5.90. The maximum Gasteiger partial charge on any atom is 0.416 e. The van der Waals surface area contributed by atoms with Crippen LogP contribution in [0.4, 0.5) is 23.9 Å². The van der Waals surface area contributed by atoms with Gasteiger partial charge in [-0.2, -0.15) is 13.2 Å². The van der Waals surface area contributed by atoms with Crippen molar-refractivity contribution in [2.45, 2.75) is 51.4 Å². The number of rotatable bonds is 4. The molecule has 4 rings (SSSR count). The van der Waals surface area contributed by atoms with Gasteiger partial charge in [0.1, 0.15) is 5.60 Å². The average molecular weight is 533 g/mol. The van der Waals surface area contributed by atoms with E-state index in [4.69, 9.17) is 4.74 Å². The van der Waals surface area contributed by atoms with Crippen molar-refractivity contribution < 1.29 is 37.4 Å². The normalized spacial score (nSPS) is 16.4. The van der Waals surface area contributed by atoms with Crippen molar-refractivity contribution in [1.82, 2.24) is 14.5 Å². The highest BCUT2D eigenvalue weighted by Gasteiger charge is 2.33. The zero-order valence-electron chi connectivity index (χ0n) is 21.0. The van der Waals surface area contributed by atoms with Gasteiger partial charge in [-0.1, -0.05) is 6.07 Å². The van der Waals surface area contributed by atoms with E-state index in [1.807, 2.05) is 0 Å². The number of benzene rings is 2. The Labute approximate surface area is 216 Å². The van der Waals surface area contributed by atoms with Crippen LogP contribution >= 0.6 is 0 Å². The van der Waals surface area contributed by atoms with Crippen molar-refractivity contribution in [3.63, 3.8) is 0 Å². The molecule has 1 aliphatic heterocycles. The molecule has 1 saturated heterocycles. The lowest BCUT2D eigenvalue weighted by Gasteiger charge is -2.35. The van der Waals surface area contributed by atoms with Gasteiger partial charge >= 0.3 is 18.2 Å². The molecule has 202 valence electrons. The number of halogens is 3. The Balaban J connectivity index is 1.71. The summed E-state index contributed by atoms with van der Waals surface area (Å²) in [6.45, 7) is 5.98. The molecule has 1 aliphatic rings. The quantitative estimate of drug-likeness (QED) is 0.454. The van der Waals surface area contributed by atoms with Crippen LogP contribution in [0.5, 0.6) is 0 Å². The number of amides is 2. The molecule has 3 aromatic rings. The van der Waals surface area contributed by atoms with Crippen LogP contribution in [-0.2, 0) is 10.9 Å². The number of alkyl halides is 3. The van der Waals surface area contributed by atoms with E-state index >= 15 is 0 Å². The molecule has 0 bridgehead atoms. The smallest absolute Gasteiger partial charge is 0.416 e. The summed E-state index contributed by atoms with van der Waals surface area (Å²) in [5.74, 6) is -1.95. The van der Waals surface area contributed by atoms with Gasteiger partial charge in [0.05, 0.1) is 28.2 Å². The van der Waals surface area contributed by atoms with Crippen molar-refractivity contribution in [2.24, 2.45) is 0 Å². The number of anilines is 1. The van der Waals surface area contributed by atoms with Gasteiger partial charge in [-0.05, 0) is 70.0 Å². The minimum atomic E-state index is -4.62. The number of hydrogen-bond donors (Lipinski definition) is 2. The molecule has 0 spiro atoms. The van der Waals surface area contributed by atoms with Crippen LogP contribution in [-0.4, -0.2) is 56.2 Å². The lowest BCUT2D eigenvalue weighted by Crippen LogP contribution is -2.43. The molecule has 12 heteroatoms. The van der Waals surface area contributed by atoms with Gasteiger partial charge < -0.3 is 19.3 Å². The number of carbonyl (C=O) groups excluding carboxylic acids is 2. The number of nitrogens with one attached hydrogen (secondary N) is 1. The van der Waals surface area contributed by atoms with Gasteiger partial charge in [0, 0.05) is 18.7 Å². The van der Waals surface area contributed by atoms with E-state index in [-0.39, 0.29) is 35.2 Å². The largest absolute Gasteiger partial charge is 0.478 e. The Kier molecular flexibility index (Phi) is 7.09. The van der Waals surface area contributed by atoms with Gasteiger partial charge in [-0.3, -0.25) is 10.1 Å². The lowest BCUT2D eigenvalue weighted by molar-refractivity contribution is -0.137. The maximum atomic E-state index is 13.2. The third-order valence-corrected chi connectivity index (χ3v) is 6.03. The minimum absolute atomic E-state index is 0.0167. The molecular formula is C26H27F3N4O5. The SMILES string of the molecule is CC(C)(C)OC(=O)N1CCCC(n2c(NC(=O)c3cccc(C(F)(F)F)c3)nc3cc(C(=O)O)ccc32)C1. The number of piperidine rings is 1. The van der Waals surface area contributed by atoms with Crippen LogP contribution in [0.3, 0.4) is 0 Å². The Bertz CT molecular complexity index is 1390. The second-order valence-corrected chi connectivity index (χ2v) is 10.1. The summed E-state index contributed by atoms with van der Waals surface area (Å²) in [6, 6.07) is 7.94. The fourth-order valence-corrected chi connectivity index (χ4v) is 4.36. The highest BCUT2D eigenvalue weighted by molar-refractivity contribution is 6.04. The average Bonchev–Trinajstić information content (AvgIpc) is 3.19. The second-order valence-electron chi connectivity index (χ2n) is 10.1. The second kappa shape index (κ2) is 9.99. The van der Waals surface area contributed by atoms with E-state index in [9.17, 15) is 32.7 Å². The first-order chi connectivity index (χ1) is 17.7. The van der Waals surface area contributed by atoms with E-state index in [0.29, 0.717) is 24.9 Å². The number of ether oxygens (including phenoxy) is 1. The molecule has 1 atom stereocenters.